The van der Waals surface area contributed by atoms with E-state index < -0.39 is 0 Å². The van der Waals surface area contributed by atoms with Gasteiger partial charge in [-0.05, 0) is 31.2 Å². The van der Waals surface area contributed by atoms with Gasteiger partial charge in [0.25, 0.3) is 0 Å². The molecule has 1 aliphatic carbocycles. The first-order valence-electron chi connectivity index (χ1n) is 8.07. The van der Waals surface area contributed by atoms with E-state index in [9.17, 15) is 0 Å². The Morgan fingerprint density at radius 2 is 1.95 bits per heavy atom. The lowest BCUT2D eigenvalue weighted by Gasteiger charge is -2.30. The molecule has 3 unspecified atom stereocenters. The summed E-state index contributed by atoms with van der Waals surface area (Å²) in [5.41, 5.74) is 7.50. The van der Waals surface area contributed by atoms with E-state index in [1.165, 1.54) is 44.3 Å². The van der Waals surface area contributed by atoms with Crippen LogP contribution in [0.25, 0.3) is 0 Å². The fraction of sp³-hybridized carbons (Fsp3) is 0.647. The first-order chi connectivity index (χ1) is 9.79. The monoisotopic (exact) mass is 273 g/mol. The van der Waals surface area contributed by atoms with Crippen LogP contribution < -0.4 is 11.1 Å². The summed E-state index contributed by atoms with van der Waals surface area (Å²) in [6.07, 6.45) is 6.25. The van der Waals surface area contributed by atoms with E-state index in [1.54, 1.807) is 0 Å². The van der Waals surface area contributed by atoms with Crippen LogP contribution in [0.2, 0.25) is 0 Å². The minimum atomic E-state index is 0.420. The molecule has 0 radical (unpaired) electrons. The predicted molar refractivity (Wildman–Crippen MR) is 83.5 cm³/mol. The standard InChI is InChI=1S/C17H27N3/c18-15-7-4-8-16(11-15)19-17-9-10-20(13-17)12-14-5-2-1-3-6-14/h1-3,5-6,15-17,19H,4,7-13,18H2. The molecule has 1 saturated carbocycles. The van der Waals surface area contributed by atoms with Crippen LogP contribution in [-0.2, 0) is 6.54 Å². The highest BCUT2D eigenvalue weighted by molar-refractivity contribution is 5.14. The zero-order valence-electron chi connectivity index (χ0n) is 12.3. The summed E-state index contributed by atoms with van der Waals surface area (Å²) in [6, 6.07) is 12.5. The number of hydrogen-bond acceptors (Lipinski definition) is 3. The van der Waals surface area contributed by atoms with Crippen LogP contribution in [0.5, 0.6) is 0 Å². The fourth-order valence-corrected chi connectivity index (χ4v) is 3.67. The van der Waals surface area contributed by atoms with Gasteiger partial charge in [0, 0.05) is 37.8 Å². The minimum Gasteiger partial charge on any atom is -0.328 e. The third-order valence-corrected chi connectivity index (χ3v) is 4.71. The third kappa shape index (κ3) is 3.81. The zero-order chi connectivity index (χ0) is 13.8. The highest BCUT2D eigenvalue weighted by Gasteiger charge is 2.26. The van der Waals surface area contributed by atoms with Gasteiger partial charge in [0.05, 0.1) is 0 Å². The average molecular weight is 273 g/mol. The molecule has 0 aromatic heterocycles. The smallest absolute Gasteiger partial charge is 0.0234 e. The highest BCUT2D eigenvalue weighted by Crippen LogP contribution is 2.20. The van der Waals surface area contributed by atoms with Crippen LogP contribution in [0.3, 0.4) is 0 Å². The Morgan fingerprint density at radius 3 is 2.75 bits per heavy atom. The van der Waals surface area contributed by atoms with Crippen molar-refractivity contribution in [2.24, 2.45) is 5.73 Å². The molecule has 1 aromatic carbocycles. The van der Waals surface area contributed by atoms with Crippen LogP contribution >= 0.6 is 0 Å². The number of hydrogen-bond donors (Lipinski definition) is 2. The molecular weight excluding hydrogens is 246 g/mol. The summed E-state index contributed by atoms with van der Waals surface area (Å²) < 4.78 is 0. The number of benzene rings is 1. The Balaban J connectivity index is 1.45. The normalized spacial score (nSPS) is 31.6. The average Bonchev–Trinajstić information content (AvgIpc) is 2.87. The zero-order valence-corrected chi connectivity index (χ0v) is 12.3. The quantitative estimate of drug-likeness (QED) is 0.883. The molecule has 1 aromatic rings. The molecule has 3 rings (SSSR count). The van der Waals surface area contributed by atoms with Crippen LogP contribution in [0.4, 0.5) is 0 Å². The third-order valence-electron chi connectivity index (χ3n) is 4.71. The first kappa shape index (κ1) is 14.1. The van der Waals surface area contributed by atoms with Crippen molar-refractivity contribution in [2.45, 2.75) is 56.8 Å². The molecule has 2 aliphatic rings. The van der Waals surface area contributed by atoms with Crippen molar-refractivity contribution in [1.82, 2.24) is 10.2 Å². The number of likely N-dealkylation sites (tertiary alicyclic amines) is 1. The number of nitrogens with zero attached hydrogens (tertiary/aromatic N) is 1. The Morgan fingerprint density at radius 1 is 1.10 bits per heavy atom. The minimum absolute atomic E-state index is 0.420. The number of rotatable bonds is 4. The van der Waals surface area contributed by atoms with Gasteiger partial charge in [0.15, 0.2) is 0 Å². The van der Waals surface area contributed by atoms with Crippen LogP contribution in [-0.4, -0.2) is 36.1 Å². The topological polar surface area (TPSA) is 41.3 Å². The Labute approximate surface area is 122 Å². The SMILES string of the molecule is NC1CCCC(NC2CCN(Cc3ccccc3)C2)C1. The van der Waals surface area contributed by atoms with Gasteiger partial charge in [-0.2, -0.15) is 0 Å². The molecule has 0 spiro atoms. The molecule has 1 saturated heterocycles. The maximum Gasteiger partial charge on any atom is 0.0234 e. The molecule has 1 aliphatic heterocycles. The van der Waals surface area contributed by atoms with Crippen molar-refractivity contribution in [3.05, 3.63) is 35.9 Å². The van der Waals surface area contributed by atoms with E-state index in [2.05, 4.69) is 40.5 Å². The molecule has 20 heavy (non-hydrogen) atoms. The molecule has 0 bridgehead atoms. The lowest BCUT2D eigenvalue weighted by Crippen LogP contribution is -2.45. The first-order valence-corrected chi connectivity index (χ1v) is 8.07. The maximum atomic E-state index is 6.08. The van der Waals surface area contributed by atoms with E-state index in [4.69, 9.17) is 5.73 Å². The molecule has 3 atom stereocenters. The lowest BCUT2D eigenvalue weighted by atomic mass is 9.91. The maximum absolute atomic E-state index is 6.08. The van der Waals surface area contributed by atoms with Gasteiger partial charge in [-0.15, -0.1) is 0 Å². The Hall–Kier alpha value is -0.900. The lowest BCUT2D eigenvalue weighted by molar-refractivity contribution is 0.289. The number of nitrogens with two attached hydrogens (primary N) is 1. The Bertz CT molecular complexity index is 406. The molecule has 3 N–H and O–H groups in total. The van der Waals surface area contributed by atoms with E-state index in [0.717, 1.165) is 13.0 Å². The van der Waals surface area contributed by atoms with Gasteiger partial charge >= 0.3 is 0 Å². The van der Waals surface area contributed by atoms with Gasteiger partial charge in [-0.25, -0.2) is 0 Å². The van der Waals surface area contributed by atoms with Gasteiger partial charge in [-0.3, -0.25) is 4.90 Å². The van der Waals surface area contributed by atoms with Crippen molar-refractivity contribution < 1.29 is 0 Å². The molecular formula is C17H27N3. The second-order valence-electron chi connectivity index (χ2n) is 6.50. The molecule has 0 amide bonds. The molecule has 3 nitrogen and oxygen atoms in total. The van der Waals surface area contributed by atoms with Crippen molar-refractivity contribution in [2.75, 3.05) is 13.1 Å². The molecule has 110 valence electrons. The van der Waals surface area contributed by atoms with Crippen LogP contribution in [0.1, 0.15) is 37.7 Å². The summed E-state index contributed by atoms with van der Waals surface area (Å²) >= 11 is 0. The van der Waals surface area contributed by atoms with Crippen molar-refractivity contribution >= 4 is 0 Å². The largest absolute Gasteiger partial charge is 0.328 e. The summed E-state index contributed by atoms with van der Waals surface area (Å²) in [6.45, 7) is 3.48. The fourth-order valence-electron chi connectivity index (χ4n) is 3.67. The number of nitrogens with one attached hydrogen (secondary N) is 1. The van der Waals surface area contributed by atoms with Crippen LogP contribution in [0, 0.1) is 0 Å². The second kappa shape index (κ2) is 6.70. The van der Waals surface area contributed by atoms with Crippen LogP contribution in [0.15, 0.2) is 30.3 Å². The van der Waals surface area contributed by atoms with Gasteiger partial charge in [-0.1, -0.05) is 36.8 Å². The van der Waals surface area contributed by atoms with Crippen molar-refractivity contribution in [1.29, 1.82) is 0 Å². The summed E-state index contributed by atoms with van der Waals surface area (Å²) in [7, 11) is 0. The van der Waals surface area contributed by atoms with E-state index in [1.807, 2.05) is 0 Å². The van der Waals surface area contributed by atoms with E-state index >= 15 is 0 Å². The molecule has 2 fully saturated rings. The predicted octanol–water partition coefficient (Wildman–Crippen LogP) is 2.12. The summed E-state index contributed by atoms with van der Waals surface area (Å²) in [5.74, 6) is 0. The molecule has 1 heterocycles. The van der Waals surface area contributed by atoms with Crippen molar-refractivity contribution in [3.63, 3.8) is 0 Å². The van der Waals surface area contributed by atoms with E-state index in [0.29, 0.717) is 18.1 Å². The Kier molecular flexibility index (Phi) is 4.71. The van der Waals surface area contributed by atoms with Gasteiger partial charge in [0.1, 0.15) is 0 Å². The summed E-state index contributed by atoms with van der Waals surface area (Å²) in [4.78, 5) is 2.57. The summed E-state index contributed by atoms with van der Waals surface area (Å²) in [5, 5.41) is 3.84. The van der Waals surface area contributed by atoms with Gasteiger partial charge < -0.3 is 11.1 Å². The van der Waals surface area contributed by atoms with Crippen molar-refractivity contribution in [3.8, 4) is 0 Å². The van der Waals surface area contributed by atoms with E-state index in [-0.39, 0.29) is 0 Å². The van der Waals surface area contributed by atoms with Gasteiger partial charge in [0.2, 0.25) is 0 Å². The second-order valence-corrected chi connectivity index (χ2v) is 6.50. The highest BCUT2D eigenvalue weighted by atomic mass is 15.2. The molecule has 3 heteroatoms.